The first-order chi connectivity index (χ1) is 14.1. The number of nitrogens with one attached hydrogen (secondary N) is 2. The molecule has 0 radical (unpaired) electrons. The number of hydrogen-bond acceptors (Lipinski definition) is 6. The summed E-state index contributed by atoms with van der Waals surface area (Å²) in [5.41, 5.74) is 6.00. The lowest BCUT2D eigenvalue weighted by Crippen LogP contribution is -2.36. The van der Waals surface area contributed by atoms with Crippen molar-refractivity contribution in [1.29, 1.82) is 0 Å². The Kier molecular flexibility index (Phi) is 8.61. The van der Waals surface area contributed by atoms with Gasteiger partial charge in [-0.1, -0.05) is 11.6 Å². The average Bonchev–Trinajstić information content (AvgIpc) is 3.11. The number of anilines is 1. The lowest BCUT2D eigenvalue weighted by molar-refractivity contribution is 0.0519. The second-order valence-corrected chi connectivity index (χ2v) is 8.93. The number of nitrogens with two attached hydrogens (primary N) is 1. The maximum absolute atomic E-state index is 12.4. The van der Waals surface area contributed by atoms with E-state index in [1.54, 1.807) is 6.07 Å². The van der Waals surface area contributed by atoms with Gasteiger partial charge in [0.1, 0.15) is 11.4 Å². The third-order valence-corrected chi connectivity index (χ3v) is 5.13. The van der Waals surface area contributed by atoms with Gasteiger partial charge in [0.2, 0.25) is 0 Å². The number of alkyl carbamates (subject to hydrolysis) is 1. The molecule has 1 fully saturated rings. The largest absolute Gasteiger partial charge is 0.496 e. The number of carbonyl (C=O) groups is 2. The first kappa shape index (κ1) is 24.1. The quantitative estimate of drug-likeness (QED) is 0.424. The molecule has 1 saturated heterocycles. The van der Waals surface area contributed by atoms with Gasteiger partial charge in [-0.05, 0) is 58.7 Å². The van der Waals surface area contributed by atoms with Crippen LogP contribution in [0, 0.1) is 5.92 Å². The number of ether oxygens (including phenoxy) is 2. The summed E-state index contributed by atoms with van der Waals surface area (Å²) in [6.07, 6.45) is 1.48. The SMILES string of the molecule is COc1cc(N)c(Cl)cc1C(=O)NCCCN1CCC(CNC(=O)OC(C)(C)C)C1. The molecule has 1 aromatic carbocycles. The Labute approximate surface area is 183 Å². The highest BCUT2D eigenvalue weighted by molar-refractivity contribution is 6.33. The highest BCUT2D eigenvalue weighted by Crippen LogP contribution is 2.28. The average molecular weight is 441 g/mol. The normalized spacial score (nSPS) is 16.9. The van der Waals surface area contributed by atoms with Crippen LogP contribution in [0.4, 0.5) is 10.5 Å². The third-order valence-electron chi connectivity index (χ3n) is 4.80. The van der Waals surface area contributed by atoms with Crippen LogP contribution in [0.15, 0.2) is 12.1 Å². The van der Waals surface area contributed by atoms with Crippen LogP contribution in [0.2, 0.25) is 5.02 Å². The van der Waals surface area contributed by atoms with E-state index >= 15 is 0 Å². The molecule has 0 saturated carbocycles. The maximum Gasteiger partial charge on any atom is 0.407 e. The minimum atomic E-state index is -0.488. The van der Waals surface area contributed by atoms with Crippen molar-refractivity contribution in [2.75, 3.05) is 45.6 Å². The second-order valence-electron chi connectivity index (χ2n) is 8.52. The van der Waals surface area contributed by atoms with Crippen molar-refractivity contribution in [3.8, 4) is 5.75 Å². The zero-order valence-electron chi connectivity index (χ0n) is 18.2. The number of hydrogen-bond donors (Lipinski definition) is 3. The van der Waals surface area contributed by atoms with Gasteiger partial charge in [0, 0.05) is 25.7 Å². The molecule has 1 unspecified atom stereocenters. The molecule has 2 amide bonds. The van der Waals surface area contributed by atoms with Gasteiger partial charge in [-0.15, -0.1) is 0 Å². The fraction of sp³-hybridized carbons (Fsp3) is 0.619. The molecule has 8 nitrogen and oxygen atoms in total. The van der Waals surface area contributed by atoms with E-state index in [-0.39, 0.29) is 12.0 Å². The first-order valence-electron chi connectivity index (χ1n) is 10.2. The van der Waals surface area contributed by atoms with Crippen LogP contribution in [0.5, 0.6) is 5.75 Å². The van der Waals surface area contributed by atoms with E-state index in [0.29, 0.717) is 41.0 Å². The van der Waals surface area contributed by atoms with Crippen LogP contribution >= 0.6 is 11.6 Å². The number of carbonyl (C=O) groups excluding carboxylic acids is 2. The highest BCUT2D eigenvalue weighted by Gasteiger charge is 2.24. The van der Waals surface area contributed by atoms with Crippen molar-refractivity contribution in [3.05, 3.63) is 22.7 Å². The van der Waals surface area contributed by atoms with Crippen LogP contribution in [-0.4, -0.2) is 62.3 Å². The molecule has 1 aliphatic rings. The van der Waals surface area contributed by atoms with Gasteiger partial charge in [-0.25, -0.2) is 4.79 Å². The predicted octanol–water partition coefficient (Wildman–Crippen LogP) is 2.90. The van der Waals surface area contributed by atoms with E-state index < -0.39 is 5.60 Å². The van der Waals surface area contributed by atoms with Crippen molar-refractivity contribution in [3.63, 3.8) is 0 Å². The smallest absolute Gasteiger partial charge is 0.407 e. The lowest BCUT2D eigenvalue weighted by atomic mass is 10.1. The molecule has 0 aliphatic carbocycles. The molecule has 4 N–H and O–H groups in total. The number of methoxy groups -OCH3 is 1. The van der Waals surface area contributed by atoms with Crippen molar-refractivity contribution in [1.82, 2.24) is 15.5 Å². The molecule has 2 rings (SSSR count). The molecule has 1 heterocycles. The van der Waals surface area contributed by atoms with Crippen LogP contribution in [-0.2, 0) is 4.74 Å². The van der Waals surface area contributed by atoms with Crippen molar-refractivity contribution >= 4 is 29.3 Å². The summed E-state index contributed by atoms with van der Waals surface area (Å²) < 4.78 is 10.5. The predicted molar refractivity (Wildman–Crippen MR) is 118 cm³/mol. The summed E-state index contributed by atoms with van der Waals surface area (Å²) in [5.74, 6) is 0.567. The number of halogens is 1. The summed E-state index contributed by atoms with van der Waals surface area (Å²) in [6, 6.07) is 3.07. The number of nitrogen functional groups attached to an aromatic ring is 1. The maximum atomic E-state index is 12.4. The summed E-state index contributed by atoms with van der Waals surface area (Å²) in [7, 11) is 1.49. The van der Waals surface area contributed by atoms with E-state index in [4.69, 9.17) is 26.8 Å². The van der Waals surface area contributed by atoms with Gasteiger partial charge in [0.25, 0.3) is 5.91 Å². The zero-order valence-corrected chi connectivity index (χ0v) is 19.0. The molecular formula is C21H33ClN4O4. The molecule has 0 aromatic heterocycles. The highest BCUT2D eigenvalue weighted by atomic mass is 35.5. The fourth-order valence-corrected chi connectivity index (χ4v) is 3.50. The summed E-state index contributed by atoms with van der Waals surface area (Å²) >= 11 is 6.02. The van der Waals surface area contributed by atoms with Gasteiger partial charge in [-0.3, -0.25) is 4.79 Å². The van der Waals surface area contributed by atoms with Crippen LogP contribution in [0.3, 0.4) is 0 Å². The summed E-state index contributed by atoms with van der Waals surface area (Å²) in [5, 5.41) is 6.07. The van der Waals surface area contributed by atoms with Gasteiger partial charge in [0.15, 0.2) is 0 Å². The van der Waals surface area contributed by atoms with Gasteiger partial charge < -0.3 is 30.7 Å². The molecule has 168 valence electrons. The summed E-state index contributed by atoms with van der Waals surface area (Å²) in [4.78, 5) is 26.5. The fourth-order valence-electron chi connectivity index (χ4n) is 3.34. The topological polar surface area (TPSA) is 106 Å². The number of amides is 2. The Morgan fingerprint density at radius 2 is 2.03 bits per heavy atom. The van der Waals surface area contributed by atoms with Crippen molar-refractivity contribution in [2.45, 2.75) is 39.2 Å². The van der Waals surface area contributed by atoms with Crippen LogP contribution < -0.4 is 21.1 Å². The monoisotopic (exact) mass is 440 g/mol. The Hall–Kier alpha value is -2.19. The molecule has 1 atom stereocenters. The van der Waals surface area contributed by atoms with Gasteiger partial charge in [0.05, 0.1) is 23.4 Å². The Morgan fingerprint density at radius 3 is 2.70 bits per heavy atom. The minimum Gasteiger partial charge on any atom is -0.496 e. The van der Waals surface area contributed by atoms with Crippen molar-refractivity contribution in [2.24, 2.45) is 5.92 Å². The lowest BCUT2D eigenvalue weighted by Gasteiger charge is -2.21. The number of benzene rings is 1. The molecule has 30 heavy (non-hydrogen) atoms. The van der Waals surface area contributed by atoms with Crippen molar-refractivity contribution < 1.29 is 19.1 Å². The second kappa shape index (κ2) is 10.7. The van der Waals surface area contributed by atoms with Crippen LogP contribution in [0.1, 0.15) is 44.0 Å². The van der Waals surface area contributed by atoms with Gasteiger partial charge in [-0.2, -0.15) is 0 Å². The van der Waals surface area contributed by atoms with E-state index in [9.17, 15) is 9.59 Å². The van der Waals surface area contributed by atoms with Gasteiger partial charge >= 0.3 is 6.09 Å². The minimum absolute atomic E-state index is 0.241. The van der Waals surface area contributed by atoms with Crippen LogP contribution in [0.25, 0.3) is 0 Å². The molecule has 0 spiro atoms. The Balaban J connectivity index is 1.68. The first-order valence-corrected chi connectivity index (χ1v) is 10.6. The number of nitrogens with zero attached hydrogens (tertiary/aromatic N) is 1. The molecular weight excluding hydrogens is 408 g/mol. The standard InChI is InChI=1S/C21H33ClN4O4/c1-21(2,3)30-20(28)25-12-14-6-9-26(13-14)8-5-7-24-19(27)15-10-16(22)17(23)11-18(15)29-4/h10-11,14H,5-9,12-13,23H2,1-4H3,(H,24,27)(H,25,28). The molecule has 1 aromatic rings. The molecule has 1 aliphatic heterocycles. The number of rotatable bonds is 8. The Bertz CT molecular complexity index is 751. The number of likely N-dealkylation sites (tertiary alicyclic amines) is 1. The van der Waals surface area contributed by atoms with E-state index in [1.165, 1.54) is 13.2 Å². The Morgan fingerprint density at radius 1 is 1.30 bits per heavy atom. The van der Waals surface area contributed by atoms with E-state index in [1.807, 2.05) is 20.8 Å². The van der Waals surface area contributed by atoms with E-state index in [0.717, 1.165) is 32.5 Å². The molecule has 0 bridgehead atoms. The molecule has 9 heteroatoms. The zero-order chi connectivity index (χ0) is 22.3. The third kappa shape index (κ3) is 7.57. The van der Waals surface area contributed by atoms with E-state index in [2.05, 4.69) is 15.5 Å². The summed E-state index contributed by atoms with van der Waals surface area (Å²) in [6.45, 7) is 9.48.